The number of hydrogen-bond acceptors (Lipinski definition) is 5. The highest BCUT2D eigenvalue weighted by Crippen LogP contribution is 2.25. The summed E-state index contributed by atoms with van der Waals surface area (Å²) in [4.78, 5) is 23.5. The number of aromatic amines is 1. The fraction of sp³-hybridized carbons (Fsp3) is 0.0526. The number of hydrogen-bond donors (Lipinski definition) is 2. The predicted molar refractivity (Wildman–Crippen MR) is 101 cm³/mol. The highest BCUT2D eigenvalue weighted by molar-refractivity contribution is 6.04. The van der Waals surface area contributed by atoms with Crippen LogP contribution in [0.3, 0.4) is 0 Å². The van der Waals surface area contributed by atoms with E-state index in [9.17, 15) is 9.59 Å². The summed E-state index contributed by atoms with van der Waals surface area (Å²) in [7, 11) is 1.88. The van der Waals surface area contributed by atoms with Crippen LogP contribution in [0.5, 0.6) is 0 Å². The molecular weight excluding hydrogens is 346 g/mol. The molecule has 0 spiro atoms. The van der Waals surface area contributed by atoms with Gasteiger partial charge in [0.1, 0.15) is 0 Å². The molecule has 0 aliphatic rings. The van der Waals surface area contributed by atoms with Gasteiger partial charge < -0.3 is 9.73 Å². The van der Waals surface area contributed by atoms with Crippen LogP contribution in [0.2, 0.25) is 0 Å². The molecule has 0 unspecified atom stereocenters. The van der Waals surface area contributed by atoms with Gasteiger partial charge in [-0.1, -0.05) is 18.2 Å². The van der Waals surface area contributed by atoms with Crippen LogP contribution >= 0.6 is 0 Å². The lowest BCUT2D eigenvalue weighted by molar-refractivity contribution is -0.111. The molecule has 2 aromatic heterocycles. The number of aromatic nitrogens is 4. The van der Waals surface area contributed by atoms with Crippen molar-refractivity contribution in [1.29, 1.82) is 0 Å². The maximum Gasteiger partial charge on any atom is 0.434 e. The molecule has 0 fully saturated rings. The Morgan fingerprint density at radius 3 is 2.93 bits per heavy atom. The number of amides is 1. The van der Waals surface area contributed by atoms with Crippen molar-refractivity contribution in [1.82, 2.24) is 20.0 Å². The van der Waals surface area contributed by atoms with Gasteiger partial charge in [0.15, 0.2) is 0 Å². The van der Waals surface area contributed by atoms with Crippen LogP contribution in [0.4, 0.5) is 5.69 Å². The van der Waals surface area contributed by atoms with Gasteiger partial charge in [-0.25, -0.2) is 9.89 Å². The first-order valence-electron chi connectivity index (χ1n) is 8.16. The number of carbonyl (C=O) groups excluding carboxylic acids is 1. The third-order valence-corrected chi connectivity index (χ3v) is 4.05. The Hall–Kier alpha value is -3.94. The van der Waals surface area contributed by atoms with Gasteiger partial charge in [0, 0.05) is 18.5 Å². The second-order valence-corrected chi connectivity index (χ2v) is 5.87. The summed E-state index contributed by atoms with van der Waals surface area (Å²) < 4.78 is 6.76. The first-order valence-corrected chi connectivity index (χ1v) is 8.16. The van der Waals surface area contributed by atoms with Crippen molar-refractivity contribution in [3.05, 3.63) is 70.9 Å². The topological polar surface area (TPSA) is 106 Å². The number of carbonyl (C=O) groups is 1. The molecule has 2 heterocycles. The zero-order valence-electron chi connectivity index (χ0n) is 14.3. The average molecular weight is 361 g/mol. The highest BCUT2D eigenvalue weighted by Gasteiger charge is 2.11. The van der Waals surface area contributed by atoms with Crippen LogP contribution in [0.1, 0.15) is 5.56 Å². The molecule has 4 rings (SSSR count). The van der Waals surface area contributed by atoms with Gasteiger partial charge in [-0.2, -0.15) is 5.10 Å². The number of nitrogens with zero attached hydrogens (tertiary/aromatic N) is 3. The van der Waals surface area contributed by atoms with Gasteiger partial charge in [0.05, 0.1) is 23.0 Å². The zero-order chi connectivity index (χ0) is 18.8. The molecule has 8 nitrogen and oxygen atoms in total. The van der Waals surface area contributed by atoms with E-state index in [1.807, 2.05) is 25.2 Å². The summed E-state index contributed by atoms with van der Waals surface area (Å²) >= 11 is 0. The molecule has 0 aliphatic carbocycles. The third kappa shape index (κ3) is 3.40. The summed E-state index contributed by atoms with van der Waals surface area (Å²) in [6.45, 7) is 0. The fourth-order valence-electron chi connectivity index (χ4n) is 2.76. The molecule has 0 aliphatic heterocycles. The first-order chi connectivity index (χ1) is 13.1. The maximum atomic E-state index is 12.3. The minimum atomic E-state index is -0.656. The van der Waals surface area contributed by atoms with Gasteiger partial charge >= 0.3 is 5.76 Å². The number of para-hydroxylation sites is 1. The van der Waals surface area contributed by atoms with E-state index in [1.54, 1.807) is 41.2 Å². The Morgan fingerprint density at radius 1 is 1.26 bits per heavy atom. The third-order valence-electron chi connectivity index (χ3n) is 4.05. The van der Waals surface area contributed by atoms with Gasteiger partial charge in [0.2, 0.25) is 5.91 Å². The minimum Gasteiger partial charge on any atom is -0.388 e. The lowest BCUT2D eigenvalue weighted by Gasteiger charge is -2.06. The summed E-state index contributed by atoms with van der Waals surface area (Å²) in [6, 6.07) is 12.8. The van der Waals surface area contributed by atoms with E-state index < -0.39 is 5.76 Å². The minimum absolute atomic E-state index is 0.113. The van der Waals surface area contributed by atoms with Gasteiger partial charge in [-0.3, -0.25) is 9.48 Å². The normalized spacial score (nSPS) is 11.3. The van der Waals surface area contributed by atoms with E-state index in [-0.39, 0.29) is 11.8 Å². The van der Waals surface area contributed by atoms with Crippen LogP contribution < -0.4 is 11.1 Å². The standard InChI is InChI=1S/C19H15N5O3/c1-24-16-8-6-12(10-13(16)11-20-24)7-9-17(25)21-15-5-3-2-4-14(15)18-22-23-19(26)27-18/h2-11H,1H3,(H,21,25)(H,23,26)/b9-7+. The molecule has 4 aromatic rings. The quantitative estimate of drug-likeness (QED) is 0.544. The lowest BCUT2D eigenvalue weighted by Crippen LogP contribution is -2.08. The van der Waals surface area contributed by atoms with Crippen LogP contribution in [0.15, 0.2) is 63.9 Å². The van der Waals surface area contributed by atoms with E-state index >= 15 is 0 Å². The molecule has 134 valence electrons. The van der Waals surface area contributed by atoms with Gasteiger partial charge in [-0.05, 0) is 35.9 Å². The highest BCUT2D eigenvalue weighted by atomic mass is 16.4. The molecule has 1 amide bonds. The molecule has 2 N–H and O–H groups in total. The van der Waals surface area contributed by atoms with E-state index in [4.69, 9.17) is 4.42 Å². The molecule has 0 saturated heterocycles. The Balaban J connectivity index is 1.54. The Morgan fingerprint density at radius 2 is 2.11 bits per heavy atom. The zero-order valence-corrected chi connectivity index (χ0v) is 14.3. The SMILES string of the molecule is Cn1ncc2cc(/C=C/C(=O)Nc3ccccc3-c3n[nH]c(=O)o3)ccc21. The van der Waals surface area contributed by atoms with Crippen LogP contribution in [-0.4, -0.2) is 25.9 Å². The van der Waals surface area contributed by atoms with Crippen LogP contribution in [0, 0.1) is 0 Å². The number of anilines is 1. The number of H-pyrrole nitrogens is 1. The first kappa shape index (κ1) is 16.5. The van der Waals surface area contributed by atoms with Crippen LogP contribution in [0.25, 0.3) is 28.4 Å². The van der Waals surface area contributed by atoms with Gasteiger partial charge in [0.25, 0.3) is 5.89 Å². The van der Waals surface area contributed by atoms with E-state index in [0.29, 0.717) is 11.3 Å². The largest absolute Gasteiger partial charge is 0.434 e. The molecule has 27 heavy (non-hydrogen) atoms. The van der Waals surface area contributed by atoms with E-state index in [1.165, 1.54) is 6.08 Å². The molecule has 0 saturated carbocycles. The lowest BCUT2D eigenvalue weighted by atomic mass is 10.1. The van der Waals surface area contributed by atoms with E-state index in [0.717, 1.165) is 16.5 Å². The smallest absolute Gasteiger partial charge is 0.388 e. The Bertz CT molecular complexity index is 1220. The summed E-state index contributed by atoms with van der Waals surface area (Å²) in [5, 5.41) is 14.0. The Labute approximate surface area is 153 Å². The summed E-state index contributed by atoms with van der Waals surface area (Å²) in [5.74, 6) is -0.856. The number of nitrogens with one attached hydrogen (secondary N) is 2. The van der Waals surface area contributed by atoms with Gasteiger partial charge in [-0.15, -0.1) is 5.10 Å². The maximum absolute atomic E-state index is 12.3. The monoisotopic (exact) mass is 361 g/mol. The number of benzene rings is 2. The Kier molecular flexibility index (Phi) is 4.13. The number of aryl methyl sites for hydroxylation is 1. The number of fused-ring (bicyclic) bond motifs is 1. The van der Waals surface area contributed by atoms with Crippen molar-refractivity contribution in [2.75, 3.05) is 5.32 Å². The van der Waals surface area contributed by atoms with Crippen molar-refractivity contribution >= 4 is 28.6 Å². The second kappa shape index (κ2) is 6.75. The molecule has 8 heteroatoms. The van der Waals surface area contributed by atoms with Crippen molar-refractivity contribution in [2.24, 2.45) is 7.05 Å². The molecule has 2 aromatic carbocycles. The fourth-order valence-corrected chi connectivity index (χ4v) is 2.76. The van der Waals surface area contributed by atoms with Crippen LogP contribution in [-0.2, 0) is 11.8 Å². The van der Waals surface area contributed by atoms with E-state index in [2.05, 4.69) is 20.6 Å². The van der Waals surface area contributed by atoms with Crippen molar-refractivity contribution in [2.45, 2.75) is 0 Å². The summed E-state index contributed by atoms with van der Waals surface area (Å²) in [6.07, 6.45) is 4.94. The number of rotatable bonds is 4. The second-order valence-electron chi connectivity index (χ2n) is 5.87. The van der Waals surface area contributed by atoms with Crippen molar-refractivity contribution < 1.29 is 9.21 Å². The molecule has 0 atom stereocenters. The molecular formula is C19H15N5O3. The molecule has 0 bridgehead atoms. The van der Waals surface area contributed by atoms with Crippen molar-refractivity contribution in [3.63, 3.8) is 0 Å². The molecule has 0 radical (unpaired) electrons. The predicted octanol–water partition coefficient (Wildman–Crippen LogP) is 2.57. The summed E-state index contributed by atoms with van der Waals surface area (Å²) in [5.41, 5.74) is 2.91. The average Bonchev–Trinajstić information content (AvgIpc) is 3.26. The van der Waals surface area contributed by atoms with Crippen molar-refractivity contribution in [3.8, 4) is 11.5 Å².